The Balaban J connectivity index is 1.81. The van der Waals surface area contributed by atoms with Crippen molar-refractivity contribution in [2.45, 2.75) is 12.8 Å². The summed E-state index contributed by atoms with van der Waals surface area (Å²) in [5, 5.41) is 3.39. The van der Waals surface area contributed by atoms with Crippen LogP contribution < -0.4 is 5.32 Å². The highest BCUT2D eigenvalue weighted by molar-refractivity contribution is 5.75. The van der Waals surface area contributed by atoms with E-state index in [2.05, 4.69) is 5.32 Å². The standard InChI is InChI=1S/C13H17NO2/c15-10-12-1-3-13(4-2-12)14-9-11-5-7-16-8-6-11/h1-4,10-11,14H,5-9H2. The topological polar surface area (TPSA) is 38.3 Å². The fourth-order valence-corrected chi connectivity index (χ4v) is 1.89. The highest BCUT2D eigenvalue weighted by atomic mass is 16.5. The maximum Gasteiger partial charge on any atom is 0.150 e. The van der Waals surface area contributed by atoms with E-state index in [1.54, 1.807) is 0 Å². The van der Waals surface area contributed by atoms with Gasteiger partial charge < -0.3 is 10.1 Å². The molecule has 1 aliphatic rings. The van der Waals surface area contributed by atoms with Crippen LogP contribution in [0.15, 0.2) is 24.3 Å². The molecule has 0 unspecified atom stereocenters. The van der Waals surface area contributed by atoms with Crippen molar-refractivity contribution in [3.63, 3.8) is 0 Å². The van der Waals surface area contributed by atoms with Crippen LogP contribution in [-0.4, -0.2) is 26.0 Å². The smallest absolute Gasteiger partial charge is 0.150 e. The van der Waals surface area contributed by atoms with Gasteiger partial charge in [0.15, 0.2) is 0 Å². The van der Waals surface area contributed by atoms with Gasteiger partial charge in [-0.2, -0.15) is 0 Å². The second-order valence-electron chi connectivity index (χ2n) is 4.18. The summed E-state index contributed by atoms with van der Waals surface area (Å²) in [6.07, 6.45) is 3.14. The minimum atomic E-state index is 0.708. The van der Waals surface area contributed by atoms with E-state index in [-0.39, 0.29) is 0 Å². The molecule has 1 aromatic rings. The van der Waals surface area contributed by atoms with Gasteiger partial charge >= 0.3 is 0 Å². The van der Waals surface area contributed by atoms with Crippen LogP contribution in [0.4, 0.5) is 5.69 Å². The molecule has 1 aromatic carbocycles. The van der Waals surface area contributed by atoms with Crippen molar-refractivity contribution in [3.05, 3.63) is 29.8 Å². The number of aldehydes is 1. The van der Waals surface area contributed by atoms with Crippen LogP contribution in [0.3, 0.4) is 0 Å². The molecule has 0 aromatic heterocycles. The van der Waals surface area contributed by atoms with Crippen molar-refractivity contribution in [2.75, 3.05) is 25.1 Å². The zero-order chi connectivity index (χ0) is 11.2. The van der Waals surface area contributed by atoms with Gasteiger partial charge in [-0.05, 0) is 43.0 Å². The van der Waals surface area contributed by atoms with Crippen LogP contribution in [0.5, 0.6) is 0 Å². The summed E-state index contributed by atoms with van der Waals surface area (Å²) in [6, 6.07) is 7.56. The Morgan fingerprint density at radius 3 is 2.56 bits per heavy atom. The molecule has 1 aliphatic heterocycles. The van der Waals surface area contributed by atoms with Gasteiger partial charge in [-0.1, -0.05) is 0 Å². The molecule has 0 radical (unpaired) electrons. The molecule has 3 heteroatoms. The van der Waals surface area contributed by atoms with Crippen molar-refractivity contribution in [2.24, 2.45) is 5.92 Å². The van der Waals surface area contributed by atoms with Gasteiger partial charge in [0.1, 0.15) is 6.29 Å². The number of hydrogen-bond donors (Lipinski definition) is 1. The summed E-state index contributed by atoms with van der Waals surface area (Å²) in [4.78, 5) is 10.5. The Kier molecular flexibility index (Phi) is 3.94. The van der Waals surface area contributed by atoms with E-state index in [1.165, 1.54) is 0 Å². The quantitative estimate of drug-likeness (QED) is 0.790. The second-order valence-corrected chi connectivity index (χ2v) is 4.18. The molecule has 0 amide bonds. The van der Waals surface area contributed by atoms with E-state index in [0.717, 1.165) is 50.1 Å². The number of carbonyl (C=O) groups is 1. The lowest BCUT2D eigenvalue weighted by molar-refractivity contribution is 0.0699. The zero-order valence-corrected chi connectivity index (χ0v) is 9.32. The van der Waals surface area contributed by atoms with Crippen LogP contribution in [0.2, 0.25) is 0 Å². The number of anilines is 1. The monoisotopic (exact) mass is 219 g/mol. The molecule has 86 valence electrons. The van der Waals surface area contributed by atoms with Gasteiger partial charge in [0.05, 0.1) is 0 Å². The highest BCUT2D eigenvalue weighted by Gasteiger charge is 2.12. The third-order valence-corrected chi connectivity index (χ3v) is 2.98. The fraction of sp³-hybridized carbons (Fsp3) is 0.462. The predicted molar refractivity (Wildman–Crippen MR) is 63.9 cm³/mol. The largest absolute Gasteiger partial charge is 0.385 e. The lowest BCUT2D eigenvalue weighted by Gasteiger charge is -2.22. The molecule has 0 aliphatic carbocycles. The number of rotatable bonds is 4. The van der Waals surface area contributed by atoms with E-state index in [0.29, 0.717) is 5.92 Å². The van der Waals surface area contributed by atoms with Crippen LogP contribution in [0.1, 0.15) is 23.2 Å². The lowest BCUT2D eigenvalue weighted by Crippen LogP contribution is -2.22. The van der Waals surface area contributed by atoms with E-state index < -0.39 is 0 Å². The van der Waals surface area contributed by atoms with Crippen LogP contribution in [0.25, 0.3) is 0 Å². The Morgan fingerprint density at radius 2 is 1.94 bits per heavy atom. The Bertz CT molecular complexity index is 328. The normalized spacial score (nSPS) is 17.0. The summed E-state index contributed by atoms with van der Waals surface area (Å²) in [6.45, 7) is 2.76. The molecule has 16 heavy (non-hydrogen) atoms. The minimum absolute atomic E-state index is 0.708. The van der Waals surface area contributed by atoms with Gasteiger partial charge in [0.2, 0.25) is 0 Å². The Hall–Kier alpha value is -1.35. The molecule has 0 atom stereocenters. The van der Waals surface area contributed by atoms with Gasteiger partial charge in [-0.15, -0.1) is 0 Å². The number of ether oxygens (including phenoxy) is 1. The summed E-state index contributed by atoms with van der Waals surface area (Å²) in [5.74, 6) is 0.708. The zero-order valence-electron chi connectivity index (χ0n) is 9.32. The van der Waals surface area contributed by atoms with Gasteiger partial charge in [0.25, 0.3) is 0 Å². The Labute approximate surface area is 95.8 Å². The molecule has 1 fully saturated rings. The van der Waals surface area contributed by atoms with Crippen LogP contribution >= 0.6 is 0 Å². The van der Waals surface area contributed by atoms with E-state index in [4.69, 9.17) is 4.74 Å². The molecular weight excluding hydrogens is 202 g/mol. The van der Waals surface area contributed by atoms with Crippen molar-refractivity contribution >= 4 is 12.0 Å². The maximum atomic E-state index is 10.5. The summed E-state index contributed by atoms with van der Waals surface area (Å²) >= 11 is 0. The fourth-order valence-electron chi connectivity index (χ4n) is 1.89. The number of benzene rings is 1. The molecule has 2 rings (SSSR count). The van der Waals surface area contributed by atoms with Crippen LogP contribution in [0, 0.1) is 5.92 Å². The first-order valence-corrected chi connectivity index (χ1v) is 5.75. The summed E-state index contributed by atoms with van der Waals surface area (Å²) in [5.41, 5.74) is 1.80. The van der Waals surface area contributed by atoms with Gasteiger partial charge in [0, 0.05) is 31.0 Å². The Morgan fingerprint density at radius 1 is 1.25 bits per heavy atom. The minimum Gasteiger partial charge on any atom is -0.385 e. The number of hydrogen-bond acceptors (Lipinski definition) is 3. The third kappa shape index (κ3) is 3.07. The van der Waals surface area contributed by atoms with Crippen molar-refractivity contribution < 1.29 is 9.53 Å². The van der Waals surface area contributed by atoms with E-state index in [1.807, 2.05) is 24.3 Å². The van der Waals surface area contributed by atoms with Crippen LogP contribution in [-0.2, 0) is 4.74 Å². The van der Waals surface area contributed by atoms with Gasteiger partial charge in [-0.25, -0.2) is 0 Å². The summed E-state index contributed by atoms with van der Waals surface area (Å²) < 4.78 is 5.32. The third-order valence-electron chi connectivity index (χ3n) is 2.98. The van der Waals surface area contributed by atoms with E-state index >= 15 is 0 Å². The summed E-state index contributed by atoms with van der Waals surface area (Å²) in [7, 11) is 0. The average Bonchev–Trinajstić information content (AvgIpc) is 2.38. The molecule has 3 nitrogen and oxygen atoms in total. The average molecular weight is 219 g/mol. The first-order chi connectivity index (χ1) is 7.88. The SMILES string of the molecule is O=Cc1ccc(NCC2CCOCC2)cc1. The first-order valence-electron chi connectivity index (χ1n) is 5.75. The number of carbonyl (C=O) groups excluding carboxylic acids is 1. The van der Waals surface area contributed by atoms with Gasteiger partial charge in [-0.3, -0.25) is 4.79 Å². The molecule has 1 N–H and O–H groups in total. The second kappa shape index (κ2) is 5.66. The number of nitrogens with one attached hydrogen (secondary N) is 1. The maximum absolute atomic E-state index is 10.5. The molecular formula is C13H17NO2. The molecule has 0 spiro atoms. The molecule has 1 heterocycles. The molecule has 1 saturated heterocycles. The highest BCUT2D eigenvalue weighted by Crippen LogP contribution is 2.16. The van der Waals surface area contributed by atoms with Crippen molar-refractivity contribution in [1.29, 1.82) is 0 Å². The van der Waals surface area contributed by atoms with Crippen molar-refractivity contribution in [1.82, 2.24) is 0 Å². The lowest BCUT2D eigenvalue weighted by atomic mass is 10.0. The first kappa shape index (κ1) is 11.1. The van der Waals surface area contributed by atoms with Crippen molar-refractivity contribution in [3.8, 4) is 0 Å². The molecule has 0 saturated carbocycles. The molecule has 0 bridgehead atoms. The van der Waals surface area contributed by atoms with E-state index in [9.17, 15) is 4.79 Å². The predicted octanol–water partition coefficient (Wildman–Crippen LogP) is 2.34.